The molecule has 0 N–H and O–H groups in total. The van der Waals surface area contributed by atoms with Gasteiger partial charge in [0, 0.05) is 133 Å². The number of para-hydroxylation sites is 5. The van der Waals surface area contributed by atoms with Crippen LogP contribution in [0.5, 0.6) is 0 Å². The van der Waals surface area contributed by atoms with Crippen molar-refractivity contribution in [3.63, 3.8) is 0 Å². The molecule has 11 aromatic heterocycles. The predicted molar refractivity (Wildman–Crippen MR) is 565 cm³/mol. The molecular weight excluding hydrogens is 1720 g/mol. The molecule has 0 fully saturated rings. The lowest BCUT2D eigenvalue weighted by atomic mass is 9.62. The Morgan fingerprint density at radius 2 is 0.807 bits per heavy atom. The highest BCUT2D eigenvalue weighted by atomic mass is 16.3. The molecule has 2 unspecified atom stereocenters. The van der Waals surface area contributed by atoms with E-state index in [1.807, 2.05) is 116 Å². The lowest BCUT2D eigenvalue weighted by Crippen LogP contribution is -2.36. The summed E-state index contributed by atoms with van der Waals surface area (Å²) >= 11 is 0. The third-order valence-corrected chi connectivity index (χ3v) is 31.2. The number of rotatable bonds is 8. The number of nitrogens with zero attached hydrogens (tertiary/aromatic N) is 9. The van der Waals surface area contributed by atoms with Crippen molar-refractivity contribution in [1.29, 1.82) is 0 Å². The van der Waals surface area contributed by atoms with E-state index < -0.39 is 0 Å². The third-order valence-electron chi connectivity index (χ3n) is 31.2. The minimum absolute atomic E-state index is 0.00871. The van der Waals surface area contributed by atoms with Crippen molar-refractivity contribution in [3.05, 3.63) is 391 Å². The molecule has 14 aromatic carbocycles. The zero-order valence-corrected chi connectivity index (χ0v) is 79.1. The standard InChI is InChI=1S/C44H31N3O2.C43H31N3O.C39H29N3O2/c1-25(2)44(3)32-24-35-38(29-17-7-9-20-33(29)48-35)36(37(32)31-19-12-22-45-42(31)44)27-15-11-16-28(23-27)39-41-40(30-18-8-10-21-34(30)49-41)47-43(46-39)26-13-5-4-6-14-26;1-42(2)30-15-7-5-11-25(30)26-19-18-24(23-33(26)42)38-27-12-6-8-17-34(27)45-41(46-38)29-14-9-13-28-36-35(47-40(28)29)21-20-31-37(36)39-32(43(31,3)4)16-10-22-44-39;1-38(2,3)39(4)28-16-10-8-14-23(28)25-18-26-31(19-29(25)39)43-32-21-40-20-27(33(26)32)37-41-34(22-12-6-5-7-13-22)36-35(42-37)24-15-9-11-17-30(24)44-36/h4-25H,1-3H3;5-23H,1-4H3;5-21H,1-4H3. The SMILES string of the molecule is CC(C)(C)C1(C)c2ccccc2-c2cc3c(cc21)oc1cncc(-c2nc(-c4ccccc4)c4oc5ccccc5c4n2)c13.CC(C)C1(C)c2cc3oc4ccccc4c3c(-c3cccc(-c4nc(-c5ccccc5)nc5c4oc4ccccc45)c3)c2-c2cccnc21.CC1(C)c2ccccc2-c2ccc(-c3nc(-c4cccc5c4oc4ccc6c(c45)-c4ncccc4C6(C)C)nc4ccccc34)cc21. The highest BCUT2D eigenvalue weighted by Gasteiger charge is 2.50. The van der Waals surface area contributed by atoms with E-state index in [9.17, 15) is 0 Å². The summed E-state index contributed by atoms with van der Waals surface area (Å²) in [5.74, 6) is 2.21. The van der Waals surface area contributed by atoms with Crippen LogP contribution in [0.3, 0.4) is 0 Å². The van der Waals surface area contributed by atoms with Crippen molar-refractivity contribution in [2.75, 3.05) is 0 Å². The summed E-state index contributed by atoms with van der Waals surface area (Å²) in [4.78, 5) is 45.5. The average molecular weight is 1810 g/mol. The number of fused-ring (bicyclic) bond motifs is 29. The van der Waals surface area contributed by atoms with Crippen LogP contribution < -0.4 is 0 Å². The predicted octanol–water partition coefficient (Wildman–Crippen LogP) is 32.8. The number of hydrogen-bond acceptors (Lipinski definition) is 14. The quantitative estimate of drug-likeness (QED) is 0.140. The molecule has 140 heavy (non-hydrogen) atoms. The van der Waals surface area contributed by atoms with Crippen LogP contribution in [-0.4, -0.2) is 44.9 Å². The molecule has 14 nitrogen and oxygen atoms in total. The highest BCUT2D eigenvalue weighted by Crippen LogP contribution is 2.62. The number of pyridine rings is 3. The third kappa shape index (κ3) is 11.9. The molecule has 0 amide bonds. The van der Waals surface area contributed by atoms with Crippen molar-refractivity contribution in [1.82, 2.24) is 44.9 Å². The van der Waals surface area contributed by atoms with Gasteiger partial charge in [0.2, 0.25) is 0 Å². The Hall–Kier alpha value is -17.0. The van der Waals surface area contributed by atoms with E-state index in [4.69, 9.17) is 62.0 Å². The van der Waals surface area contributed by atoms with Gasteiger partial charge in [-0.3, -0.25) is 15.0 Å². The topological polar surface area (TPSA) is 182 Å². The number of aromatic nitrogens is 9. The molecule has 0 radical (unpaired) electrons. The molecule has 4 aliphatic carbocycles. The Bertz CT molecular complexity index is 9600. The molecule has 0 bridgehead atoms. The van der Waals surface area contributed by atoms with Gasteiger partial charge in [-0.25, -0.2) is 29.9 Å². The van der Waals surface area contributed by atoms with E-state index in [0.29, 0.717) is 40.1 Å². The van der Waals surface area contributed by atoms with Gasteiger partial charge in [0.05, 0.1) is 34.4 Å². The van der Waals surface area contributed by atoms with Crippen LogP contribution in [0.15, 0.2) is 368 Å². The maximum atomic E-state index is 6.72. The molecule has 0 saturated carbocycles. The summed E-state index contributed by atoms with van der Waals surface area (Å²) in [6.07, 6.45) is 7.46. The number of benzene rings is 14. The second-order valence-electron chi connectivity index (χ2n) is 40.5. The lowest BCUT2D eigenvalue weighted by Gasteiger charge is -2.40. The van der Waals surface area contributed by atoms with Crippen LogP contribution >= 0.6 is 0 Å². The van der Waals surface area contributed by atoms with Gasteiger partial charge >= 0.3 is 0 Å². The van der Waals surface area contributed by atoms with Crippen LogP contribution in [0, 0.1) is 11.3 Å². The van der Waals surface area contributed by atoms with Gasteiger partial charge in [-0.1, -0.05) is 300 Å². The maximum absolute atomic E-state index is 6.72. The van der Waals surface area contributed by atoms with E-state index in [1.54, 1.807) is 6.20 Å². The fourth-order valence-electron chi connectivity index (χ4n) is 23.5. The van der Waals surface area contributed by atoms with Crippen molar-refractivity contribution < 1.29 is 22.1 Å². The van der Waals surface area contributed by atoms with Crippen molar-refractivity contribution >= 4 is 121 Å². The maximum Gasteiger partial charge on any atom is 0.180 e. The van der Waals surface area contributed by atoms with Crippen LogP contribution in [0.25, 0.3) is 245 Å². The van der Waals surface area contributed by atoms with Crippen LogP contribution in [-0.2, 0) is 21.7 Å². The van der Waals surface area contributed by atoms with Gasteiger partial charge in [0.25, 0.3) is 0 Å². The Balaban J connectivity index is 0.000000106. The molecule has 2 atom stereocenters. The Morgan fingerprint density at radius 3 is 1.56 bits per heavy atom. The van der Waals surface area contributed by atoms with Gasteiger partial charge in [0.1, 0.15) is 61.5 Å². The van der Waals surface area contributed by atoms with E-state index in [0.717, 1.165) is 177 Å². The van der Waals surface area contributed by atoms with Gasteiger partial charge in [-0.2, -0.15) is 0 Å². The first kappa shape index (κ1) is 82.5. The first-order valence-electron chi connectivity index (χ1n) is 48.1. The molecule has 0 aliphatic heterocycles. The van der Waals surface area contributed by atoms with Crippen LogP contribution in [0.1, 0.15) is 121 Å². The molecule has 11 heterocycles. The monoisotopic (exact) mass is 1810 g/mol. The molecule has 14 heteroatoms. The first-order valence-corrected chi connectivity index (χ1v) is 48.1. The average Bonchev–Trinajstić information content (AvgIpc) is 1.54. The molecule has 0 spiro atoms. The lowest BCUT2D eigenvalue weighted by molar-refractivity contribution is 0.255. The van der Waals surface area contributed by atoms with Crippen LogP contribution in [0.2, 0.25) is 0 Å². The summed E-state index contributed by atoms with van der Waals surface area (Å²) in [6, 6.07) is 112. The minimum atomic E-state index is -0.289. The summed E-state index contributed by atoms with van der Waals surface area (Å²) in [5.41, 5.74) is 40.0. The minimum Gasteiger partial charge on any atom is -0.456 e. The fourth-order valence-corrected chi connectivity index (χ4v) is 23.5. The first-order chi connectivity index (χ1) is 68.1. The smallest absolute Gasteiger partial charge is 0.180 e. The molecule has 4 aliphatic rings. The molecular formula is C126H91N9O5. The highest BCUT2D eigenvalue weighted by molar-refractivity contribution is 6.21. The van der Waals surface area contributed by atoms with Crippen molar-refractivity contribution in [2.45, 2.75) is 97.8 Å². The van der Waals surface area contributed by atoms with Gasteiger partial charge in [-0.15, -0.1) is 0 Å². The zero-order valence-electron chi connectivity index (χ0n) is 79.1. The summed E-state index contributed by atoms with van der Waals surface area (Å²) in [7, 11) is 0. The van der Waals surface area contributed by atoms with E-state index in [1.165, 1.54) is 77.9 Å². The van der Waals surface area contributed by atoms with Gasteiger partial charge < -0.3 is 22.1 Å². The van der Waals surface area contributed by atoms with E-state index >= 15 is 0 Å². The van der Waals surface area contributed by atoms with Gasteiger partial charge in [0.15, 0.2) is 34.2 Å². The van der Waals surface area contributed by atoms with E-state index in [2.05, 4.69) is 306 Å². The zero-order chi connectivity index (χ0) is 94.3. The Labute approximate surface area is 806 Å². The van der Waals surface area contributed by atoms with Gasteiger partial charge in [-0.05, 0) is 182 Å². The fraction of sp³-hybridized carbons (Fsp3) is 0.135. The largest absolute Gasteiger partial charge is 0.456 e. The summed E-state index contributed by atoms with van der Waals surface area (Å²) in [5, 5.41) is 9.31. The van der Waals surface area contributed by atoms with Crippen LogP contribution in [0.4, 0.5) is 0 Å². The normalized spacial score (nSPS) is 15.6. The Morgan fingerprint density at radius 1 is 0.271 bits per heavy atom. The second kappa shape index (κ2) is 30.3. The second-order valence-corrected chi connectivity index (χ2v) is 40.5. The molecule has 25 aromatic rings. The number of furan rings is 5. The van der Waals surface area contributed by atoms with Crippen molar-refractivity contribution in [2.24, 2.45) is 11.3 Å². The summed E-state index contributed by atoms with van der Waals surface area (Å²) in [6.45, 7) is 25.4. The molecule has 29 rings (SSSR count). The Kier molecular flexibility index (Phi) is 17.8. The summed E-state index contributed by atoms with van der Waals surface area (Å²) < 4.78 is 32.8. The number of hydrogen-bond donors (Lipinski definition) is 0. The molecule has 670 valence electrons. The van der Waals surface area contributed by atoms with E-state index in [-0.39, 0.29) is 27.1 Å². The molecule has 0 saturated heterocycles. The van der Waals surface area contributed by atoms with Crippen molar-refractivity contribution in [3.8, 4) is 124 Å².